The Morgan fingerprint density at radius 2 is 1.86 bits per heavy atom. The predicted molar refractivity (Wildman–Crippen MR) is 93.3 cm³/mol. The van der Waals surface area contributed by atoms with E-state index in [1.807, 2.05) is 24.3 Å². The van der Waals surface area contributed by atoms with Gasteiger partial charge in [0.1, 0.15) is 5.75 Å². The maximum Gasteiger partial charge on any atom is 0.119 e. The van der Waals surface area contributed by atoms with Crippen molar-refractivity contribution < 1.29 is 4.74 Å². The second-order valence-corrected chi connectivity index (χ2v) is 6.26. The fourth-order valence-electron chi connectivity index (χ4n) is 2.88. The van der Waals surface area contributed by atoms with Crippen LogP contribution in [0.25, 0.3) is 6.08 Å². The van der Waals surface area contributed by atoms with Crippen LogP contribution < -0.4 is 4.74 Å². The molecule has 0 saturated carbocycles. The van der Waals surface area contributed by atoms with Gasteiger partial charge in [0.05, 0.1) is 6.61 Å². The Bertz CT molecular complexity index is 645. The number of alkyl halides is 1. The first-order chi connectivity index (χ1) is 10.8. The van der Waals surface area contributed by atoms with Gasteiger partial charge in [-0.2, -0.15) is 0 Å². The van der Waals surface area contributed by atoms with E-state index in [1.165, 1.54) is 11.1 Å². The Morgan fingerprint density at radius 1 is 1.09 bits per heavy atom. The molecule has 2 aromatic carbocycles. The van der Waals surface area contributed by atoms with Crippen LogP contribution in [0.15, 0.2) is 54.6 Å². The van der Waals surface area contributed by atoms with Crippen molar-refractivity contribution in [2.45, 2.75) is 19.2 Å². The molecule has 1 unspecified atom stereocenters. The Labute approximate surface area is 137 Å². The molecule has 0 amide bonds. The zero-order chi connectivity index (χ0) is 15.4. The van der Waals surface area contributed by atoms with Crippen LogP contribution in [0.5, 0.6) is 5.75 Å². The van der Waals surface area contributed by atoms with E-state index in [1.54, 1.807) is 0 Å². The molecule has 0 aromatic heterocycles. The van der Waals surface area contributed by atoms with Crippen LogP contribution in [0.1, 0.15) is 23.6 Å². The van der Waals surface area contributed by atoms with Gasteiger partial charge in [-0.05, 0) is 41.2 Å². The molecule has 114 valence electrons. The van der Waals surface area contributed by atoms with Crippen LogP contribution in [-0.4, -0.2) is 6.61 Å². The minimum atomic E-state index is 0.431. The van der Waals surface area contributed by atoms with E-state index >= 15 is 0 Å². The molecule has 0 saturated heterocycles. The summed E-state index contributed by atoms with van der Waals surface area (Å²) in [5.74, 6) is 2.46. The zero-order valence-electron chi connectivity index (χ0n) is 12.8. The molecule has 2 atom stereocenters. The normalized spacial score (nSPS) is 20.3. The van der Waals surface area contributed by atoms with Gasteiger partial charge in [0.2, 0.25) is 0 Å². The highest BCUT2D eigenvalue weighted by Gasteiger charge is 2.19. The van der Waals surface area contributed by atoms with E-state index in [-0.39, 0.29) is 0 Å². The van der Waals surface area contributed by atoms with E-state index < -0.39 is 0 Å². The second kappa shape index (κ2) is 7.02. The van der Waals surface area contributed by atoms with Gasteiger partial charge >= 0.3 is 0 Å². The highest BCUT2D eigenvalue weighted by Crippen LogP contribution is 2.27. The minimum Gasteiger partial charge on any atom is -0.493 e. The van der Waals surface area contributed by atoms with Crippen LogP contribution >= 0.6 is 11.6 Å². The molecule has 0 radical (unpaired) electrons. The van der Waals surface area contributed by atoms with E-state index in [2.05, 4.69) is 43.3 Å². The van der Waals surface area contributed by atoms with Crippen LogP contribution in [0.4, 0.5) is 0 Å². The smallest absolute Gasteiger partial charge is 0.119 e. The molecule has 3 rings (SSSR count). The van der Waals surface area contributed by atoms with Crippen molar-refractivity contribution in [3.8, 4) is 5.75 Å². The highest BCUT2D eigenvalue weighted by molar-refractivity contribution is 6.17. The third kappa shape index (κ3) is 3.53. The van der Waals surface area contributed by atoms with Crippen LogP contribution in [0.2, 0.25) is 0 Å². The summed E-state index contributed by atoms with van der Waals surface area (Å²) in [4.78, 5) is 0. The first-order valence-corrected chi connectivity index (χ1v) is 8.33. The minimum absolute atomic E-state index is 0.431. The van der Waals surface area contributed by atoms with Gasteiger partial charge in [-0.15, -0.1) is 11.6 Å². The van der Waals surface area contributed by atoms with Crippen LogP contribution in [-0.2, 0) is 12.3 Å². The van der Waals surface area contributed by atoms with E-state index in [4.69, 9.17) is 16.3 Å². The summed E-state index contributed by atoms with van der Waals surface area (Å²) in [5, 5.41) is 0. The zero-order valence-corrected chi connectivity index (χ0v) is 13.6. The molecule has 0 spiro atoms. The molecule has 0 heterocycles. The lowest BCUT2D eigenvalue weighted by Gasteiger charge is -2.20. The van der Waals surface area contributed by atoms with Gasteiger partial charge < -0.3 is 4.74 Å². The first-order valence-electron chi connectivity index (χ1n) is 7.80. The van der Waals surface area contributed by atoms with Crippen LogP contribution in [0, 0.1) is 11.8 Å². The van der Waals surface area contributed by atoms with Gasteiger partial charge in [0.15, 0.2) is 0 Å². The average molecular weight is 313 g/mol. The van der Waals surface area contributed by atoms with Gasteiger partial charge in [-0.1, -0.05) is 55.5 Å². The summed E-state index contributed by atoms with van der Waals surface area (Å²) < 4.78 is 5.98. The maximum absolute atomic E-state index is 5.98. The number of halogens is 1. The third-order valence-electron chi connectivity index (χ3n) is 4.37. The largest absolute Gasteiger partial charge is 0.493 e. The van der Waals surface area contributed by atoms with Crippen LogP contribution in [0.3, 0.4) is 0 Å². The monoisotopic (exact) mass is 312 g/mol. The molecule has 0 fully saturated rings. The number of ether oxygens (including phenoxy) is 1. The molecule has 1 aliphatic carbocycles. The summed E-state index contributed by atoms with van der Waals surface area (Å²) in [6.07, 6.45) is 5.63. The van der Waals surface area contributed by atoms with Crippen molar-refractivity contribution >= 4 is 17.7 Å². The number of benzene rings is 2. The summed E-state index contributed by atoms with van der Waals surface area (Å²) in [5.41, 5.74) is 3.88. The van der Waals surface area contributed by atoms with Crippen molar-refractivity contribution in [2.75, 3.05) is 6.61 Å². The molecule has 2 aromatic rings. The molecule has 0 N–H and O–H groups in total. The summed E-state index contributed by atoms with van der Waals surface area (Å²) in [6.45, 7) is 3.02. The van der Waals surface area contributed by atoms with Crippen molar-refractivity contribution in [1.82, 2.24) is 0 Å². The molecule has 0 bridgehead atoms. The fourth-order valence-corrected chi connectivity index (χ4v) is 3.06. The van der Waals surface area contributed by atoms with Crippen molar-refractivity contribution in [3.05, 3.63) is 71.3 Å². The lowest BCUT2D eigenvalue weighted by Crippen LogP contribution is -2.18. The van der Waals surface area contributed by atoms with Gasteiger partial charge in [0.25, 0.3) is 0 Å². The molecule has 0 aliphatic heterocycles. The topological polar surface area (TPSA) is 9.23 Å². The lowest BCUT2D eigenvalue weighted by molar-refractivity contribution is 0.235. The molecule has 22 heavy (non-hydrogen) atoms. The number of hydrogen-bond donors (Lipinski definition) is 0. The van der Waals surface area contributed by atoms with Crippen molar-refractivity contribution in [1.29, 1.82) is 0 Å². The van der Waals surface area contributed by atoms with E-state index in [0.29, 0.717) is 24.3 Å². The van der Waals surface area contributed by atoms with Crippen molar-refractivity contribution in [2.24, 2.45) is 11.8 Å². The van der Waals surface area contributed by atoms with Gasteiger partial charge in [0, 0.05) is 11.8 Å². The molecule has 1 nitrogen and oxygen atoms in total. The van der Waals surface area contributed by atoms with Gasteiger partial charge in [-0.25, -0.2) is 0 Å². The maximum atomic E-state index is 5.98. The molecular weight excluding hydrogens is 292 g/mol. The SMILES string of the molecule is C[C@H]1Cc2ccccc2C=CC1COc1ccc(CCl)cc1. The Hall–Kier alpha value is -1.73. The number of rotatable bonds is 4. The quantitative estimate of drug-likeness (QED) is 0.694. The summed E-state index contributed by atoms with van der Waals surface area (Å²) >= 11 is 5.81. The third-order valence-corrected chi connectivity index (χ3v) is 4.68. The standard InChI is InChI=1S/C20H21ClO/c1-15-12-18-5-3-2-4-17(18)8-9-19(15)14-22-20-10-6-16(13-21)7-11-20/h2-11,15,19H,12-14H2,1H3/t15-,19?/m0/s1. The number of fused-ring (bicyclic) bond motifs is 1. The summed E-state index contributed by atoms with van der Waals surface area (Å²) in [6, 6.07) is 16.7. The average Bonchev–Trinajstić information content (AvgIpc) is 2.72. The molecular formula is C20H21ClO. The molecule has 2 heteroatoms. The molecule has 1 aliphatic rings. The number of hydrogen-bond acceptors (Lipinski definition) is 1. The first kappa shape index (κ1) is 15.2. The summed E-state index contributed by atoms with van der Waals surface area (Å²) in [7, 11) is 0. The second-order valence-electron chi connectivity index (χ2n) is 5.99. The Kier molecular flexibility index (Phi) is 4.84. The fraction of sp³-hybridized carbons (Fsp3) is 0.300. The van der Waals surface area contributed by atoms with E-state index in [0.717, 1.165) is 17.7 Å². The predicted octanol–water partition coefficient (Wildman–Crippen LogP) is 5.33. The Morgan fingerprint density at radius 3 is 2.64 bits per heavy atom. The Balaban J connectivity index is 1.65. The van der Waals surface area contributed by atoms with Gasteiger partial charge in [-0.3, -0.25) is 0 Å². The van der Waals surface area contributed by atoms with E-state index in [9.17, 15) is 0 Å². The highest BCUT2D eigenvalue weighted by atomic mass is 35.5. The van der Waals surface area contributed by atoms with Crippen molar-refractivity contribution in [3.63, 3.8) is 0 Å². The lowest BCUT2D eigenvalue weighted by atomic mass is 9.90.